The fraction of sp³-hybridized carbons (Fsp3) is 0.448. The molecule has 0 spiro atoms. The number of nitrogens with one attached hydrogen (secondary N) is 1. The Kier molecular flexibility index (Phi) is 6.40. The first kappa shape index (κ1) is 22.4. The van der Waals surface area contributed by atoms with Gasteiger partial charge in [-0.1, -0.05) is 42.8 Å². The van der Waals surface area contributed by atoms with Crippen molar-refractivity contribution in [3.63, 3.8) is 0 Å². The van der Waals surface area contributed by atoms with E-state index in [0.717, 1.165) is 43.1 Å². The molecule has 0 bridgehead atoms. The lowest BCUT2D eigenvalue weighted by atomic mass is 9.75. The third-order valence-electron chi connectivity index (χ3n) is 7.98. The Morgan fingerprint density at radius 1 is 1.03 bits per heavy atom. The first-order chi connectivity index (χ1) is 16.1. The summed E-state index contributed by atoms with van der Waals surface area (Å²) in [5.41, 5.74) is 6.36. The second-order valence-corrected chi connectivity index (χ2v) is 10.0. The van der Waals surface area contributed by atoms with Crippen LogP contribution in [0.15, 0.2) is 54.6 Å². The number of H-pyrrole nitrogens is 1. The number of likely N-dealkylation sites (tertiary alicyclic amines) is 1. The standard InChI is InChI=1S/C29H36FN3/c1-32(2)29(23-9-5-3-6-10-23)16-13-22(14-17-29)28-25(15-20-33-18-7-4-8-19-33)26-21-24(30)11-12-27(26)31-28/h3,5-6,9-13,21,31H,4,7-8,14-20H2,1-2H3. The number of benzene rings is 2. The second kappa shape index (κ2) is 9.44. The number of hydrogen-bond acceptors (Lipinski definition) is 2. The maximum atomic E-state index is 14.2. The van der Waals surface area contributed by atoms with E-state index in [2.05, 4.69) is 65.3 Å². The van der Waals surface area contributed by atoms with Crippen molar-refractivity contribution in [3.05, 3.63) is 77.2 Å². The second-order valence-electron chi connectivity index (χ2n) is 10.0. The number of rotatable bonds is 6. The number of nitrogens with zero attached hydrogens (tertiary/aromatic N) is 2. The van der Waals surface area contributed by atoms with Gasteiger partial charge >= 0.3 is 0 Å². The highest BCUT2D eigenvalue weighted by Crippen LogP contribution is 2.43. The van der Waals surface area contributed by atoms with Crippen LogP contribution in [0.4, 0.5) is 4.39 Å². The molecule has 33 heavy (non-hydrogen) atoms. The Labute approximate surface area is 197 Å². The van der Waals surface area contributed by atoms with Crippen LogP contribution in [0.3, 0.4) is 0 Å². The van der Waals surface area contributed by atoms with Gasteiger partial charge in [0.05, 0.1) is 0 Å². The first-order valence-corrected chi connectivity index (χ1v) is 12.5. The van der Waals surface area contributed by atoms with E-state index in [1.807, 2.05) is 6.07 Å². The minimum absolute atomic E-state index is 0.0247. The predicted molar refractivity (Wildman–Crippen MR) is 136 cm³/mol. The molecule has 0 amide bonds. The summed E-state index contributed by atoms with van der Waals surface area (Å²) >= 11 is 0. The van der Waals surface area contributed by atoms with E-state index in [1.54, 1.807) is 12.1 Å². The Bertz CT molecular complexity index is 1120. The van der Waals surface area contributed by atoms with Crippen LogP contribution in [0, 0.1) is 5.82 Å². The lowest BCUT2D eigenvalue weighted by Crippen LogP contribution is -2.42. The van der Waals surface area contributed by atoms with Gasteiger partial charge in [0.1, 0.15) is 5.82 Å². The molecular weight excluding hydrogens is 409 g/mol. The average molecular weight is 446 g/mol. The molecule has 0 saturated carbocycles. The molecule has 2 heterocycles. The van der Waals surface area contributed by atoms with Crippen molar-refractivity contribution in [2.24, 2.45) is 0 Å². The molecule has 0 radical (unpaired) electrons. The molecule has 1 N–H and O–H groups in total. The monoisotopic (exact) mass is 445 g/mol. The highest BCUT2D eigenvalue weighted by molar-refractivity contribution is 5.89. The van der Waals surface area contributed by atoms with Crippen LogP contribution in [0.25, 0.3) is 16.5 Å². The van der Waals surface area contributed by atoms with E-state index >= 15 is 0 Å². The van der Waals surface area contributed by atoms with Gasteiger partial charge in [-0.05, 0) is 101 Å². The summed E-state index contributed by atoms with van der Waals surface area (Å²) in [7, 11) is 4.39. The minimum atomic E-state index is -0.152. The van der Waals surface area contributed by atoms with Crippen molar-refractivity contribution in [2.45, 2.75) is 50.5 Å². The Balaban J connectivity index is 1.48. The third kappa shape index (κ3) is 4.39. The molecule has 4 heteroatoms. The molecule has 1 aliphatic heterocycles. The van der Waals surface area contributed by atoms with E-state index in [-0.39, 0.29) is 11.4 Å². The maximum absolute atomic E-state index is 14.2. The molecule has 1 atom stereocenters. The van der Waals surface area contributed by atoms with Gasteiger partial charge in [-0.2, -0.15) is 0 Å². The van der Waals surface area contributed by atoms with Gasteiger partial charge in [-0.25, -0.2) is 4.39 Å². The molecule has 2 aromatic carbocycles. The lowest BCUT2D eigenvalue weighted by Gasteiger charge is -2.43. The fourth-order valence-electron chi connectivity index (χ4n) is 5.95. The first-order valence-electron chi connectivity index (χ1n) is 12.5. The van der Waals surface area contributed by atoms with Crippen LogP contribution in [0.1, 0.15) is 55.3 Å². The van der Waals surface area contributed by atoms with Gasteiger partial charge in [-0.15, -0.1) is 0 Å². The number of aromatic nitrogens is 1. The van der Waals surface area contributed by atoms with Gasteiger partial charge in [0, 0.05) is 28.7 Å². The Morgan fingerprint density at radius 3 is 2.52 bits per heavy atom. The largest absolute Gasteiger partial charge is 0.355 e. The van der Waals surface area contributed by atoms with Crippen molar-refractivity contribution >= 4 is 16.5 Å². The van der Waals surface area contributed by atoms with E-state index in [4.69, 9.17) is 0 Å². The summed E-state index contributed by atoms with van der Waals surface area (Å²) in [4.78, 5) is 8.64. The molecular formula is C29H36FN3. The molecule has 1 saturated heterocycles. The number of fused-ring (bicyclic) bond motifs is 1. The highest BCUT2D eigenvalue weighted by Gasteiger charge is 2.36. The van der Waals surface area contributed by atoms with Crippen LogP contribution in [0.2, 0.25) is 0 Å². The molecule has 1 fully saturated rings. The van der Waals surface area contributed by atoms with Crippen molar-refractivity contribution in [2.75, 3.05) is 33.7 Å². The van der Waals surface area contributed by atoms with Crippen molar-refractivity contribution in [1.29, 1.82) is 0 Å². The van der Waals surface area contributed by atoms with Gasteiger partial charge in [0.25, 0.3) is 0 Å². The summed E-state index contributed by atoms with van der Waals surface area (Å²) < 4.78 is 14.2. The zero-order valence-electron chi connectivity index (χ0n) is 20.0. The van der Waals surface area contributed by atoms with Crippen LogP contribution >= 0.6 is 0 Å². The molecule has 5 rings (SSSR count). The number of allylic oxidation sites excluding steroid dienone is 1. The SMILES string of the molecule is CN(C)C1(c2ccccc2)CC=C(c2[nH]c3ccc(F)cc3c2CCN2CCCCC2)CC1. The maximum Gasteiger partial charge on any atom is 0.123 e. The van der Waals surface area contributed by atoms with Crippen LogP contribution in [-0.4, -0.2) is 48.5 Å². The molecule has 2 aliphatic rings. The predicted octanol–water partition coefficient (Wildman–Crippen LogP) is 6.36. The molecule has 174 valence electrons. The molecule has 1 unspecified atom stereocenters. The van der Waals surface area contributed by atoms with Crippen molar-refractivity contribution in [3.8, 4) is 0 Å². The van der Waals surface area contributed by atoms with E-state index in [9.17, 15) is 4.39 Å². The Hall–Kier alpha value is -2.43. The van der Waals surface area contributed by atoms with Gasteiger partial charge in [0.2, 0.25) is 0 Å². The minimum Gasteiger partial charge on any atom is -0.355 e. The third-order valence-corrected chi connectivity index (χ3v) is 7.98. The quantitative estimate of drug-likeness (QED) is 0.477. The summed E-state index contributed by atoms with van der Waals surface area (Å²) in [6.07, 6.45) is 10.4. The fourth-order valence-corrected chi connectivity index (χ4v) is 5.95. The Morgan fingerprint density at radius 2 is 1.82 bits per heavy atom. The van der Waals surface area contributed by atoms with Crippen LogP contribution in [0.5, 0.6) is 0 Å². The summed E-state index contributed by atoms with van der Waals surface area (Å²) in [6.45, 7) is 3.43. The summed E-state index contributed by atoms with van der Waals surface area (Å²) in [5.74, 6) is -0.152. The van der Waals surface area contributed by atoms with Crippen molar-refractivity contribution < 1.29 is 4.39 Å². The molecule has 1 aromatic heterocycles. The van der Waals surface area contributed by atoms with Gasteiger partial charge in [-0.3, -0.25) is 4.90 Å². The molecule has 3 aromatic rings. The van der Waals surface area contributed by atoms with Crippen molar-refractivity contribution in [1.82, 2.24) is 14.8 Å². The zero-order valence-corrected chi connectivity index (χ0v) is 20.0. The van der Waals surface area contributed by atoms with E-state index in [0.29, 0.717) is 0 Å². The van der Waals surface area contributed by atoms with E-state index < -0.39 is 0 Å². The van der Waals surface area contributed by atoms with Gasteiger partial charge in [0.15, 0.2) is 0 Å². The van der Waals surface area contributed by atoms with Crippen LogP contribution in [-0.2, 0) is 12.0 Å². The summed E-state index contributed by atoms with van der Waals surface area (Å²) in [5, 5.41) is 1.05. The average Bonchev–Trinajstić information content (AvgIpc) is 3.21. The van der Waals surface area contributed by atoms with E-state index in [1.165, 1.54) is 54.7 Å². The summed E-state index contributed by atoms with van der Waals surface area (Å²) in [6, 6.07) is 16.1. The lowest BCUT2D eigenvalue weighted by molar-refractivity contribution is 0.138. The van der Waals surface area contributed by atoms with Gasteiger partial charge < -0.3 is 9.88 Å². The number of piperidine rings is 1. The normalized spacial score (nSPS) is 22.1. The topological polar surface area (TPSA) is 22.3 Å². The smallest absolute Gasteiger partial charge is 0.123 e. The molecule has 3 nitrogen and oxygen atoms in total. The number of aromatic amines is 1. The molecule has 1 aliphatic carbocycles. The number of hydrogen-bond donors (Lipinski definition) is 1. The van der Waals surface area contributed by atoms with Crippen LogP contribution < -0.4 is 0 Å². The zero-order chi connectivity index (χ0) is 22.8. The highest BCUT2D eigenvalue weighted by atomic mass is 19.1. The number of halogens is 1.